The number of hydrogen-bond acceptors (Lipinski definition) is 3. The Morgan fingerprint density at radius 1 is 1.24 bits per heavy atom. The van der Waals surface area contributed by atoms with Gasteiger partial charge >= 0.3 is 0 Å². The molecule has 2 N–H and O–H groups in total. The zero-order valence-corrected chi connectivity index (χ0v) is 10.5. The van der Waals surface area contributed by atoms with Crippen molar-refractivity contribution < 1.29 is 4.79 Å². The minimum Gasteiger partial charge on any atom is -0.354 e. The van der Waals surface area contributed by atoms with Gasteiger partial charge in [0.25, 0.3) is 0 Å². The molecule has 0 spiro atoms. The minimum absolute atomic E-state index is 0.0103. The molecule has 4 heteroatoms. The Labute approximate surface area is 104 Å². The van der Waals surface area contributed by atoms with Crippen molar-refractivity contribution >= 4 is 5.91 Å². The first-order valence-electron chi connectivity index (χ1n) is 6.67. The smallest absolute Gasteiger partial charge is 0.233 e. The van der Waals surface area contributed by atoms with E-state index in [2.05, 4.69) is 10.6 Å². The summed E-state index contributed by atoms with van der Waals surface area (Å²) in [6, 6.07) is 2.00. The highest BCUT2D eigenvalue weighted by Crippen LogP contribution is 2.25. The van der Waals surface area contributed by atoms with Gasteiger partial charge in [-0.25, -0.2) is 0 Å². The normalized spacial score (nSPS) is 16.4. The second kappa shape index (κ2) is 9.00. The highest BCUT2D eigenvalue weighted by atomic mass is 16.1. The summed E-state index contributed by atoms with van der Waals surface area (Å²) < 4.78 is 0. The van der Waals surface area contributed by atoms with Crippen LogP contribution in [-0.4, -0.2) is 25.5 Å². The standard InChI is InChI=1S/C13H23N3O/c14-8-4-9-16-13(17)11-15-10-7-12-5-2-1-3-6-12/h12,15H,1-7,9-11H2,(H,16,17). The summed E-state index contributed by atoms with van der Waals surface area (Å²) in [6.07, 6.45) is 8.43. The van der Waals surface area contributed by atoms with E-state index < -0.39 is 0 Å². The average Bonchev–Trinajstić information content (AvgIpc) is 2.36. The van der Waals surface area contributed by atoms with E-state index in [0.717, 1.165) is 12.5 Å². The molecule has 1 amide bonds. The molecule has 1 aliphatic rings. The number of hydrogen-bond donors (Lipinski definition) is 2. The van der Waals surface area contributed by atoms with Crippen LogP contribution in [0.15, 0.2) is 0 Å². The van der Waals surface area contributed by atoms with Gasteiger partial charge in [0.15, 0.2) is 0 Å². The van der Waals surface area contributed by atoms with Crippen LogP contribution in [0, 0.1) is 17.2 Å². The SMILES string of the molecule is N#CCCNC(=O)CNCCC1CCCCC1. The topological polar surface area (TPSA) is 64.9 Å². The second-order valence-corrected chi connectivity index (χ2v) is 4.73. The molecule has 0 bridgehead atoms. The third kappa shape index (κ3) is 6.96. The molecule has 0 atom stereocenters. The molecule has 0 saturated heterocycles. The molecule has 0 aromatic heterocycles. The van der Waals surface area contributed by atoms with Gasteiger partial charge in [0, 0.05) is 6.54 Å². The maximum absolute atomic E-state index is 11.3. The van der Waals surface area contributed by atoms with Crippen LogP contribution in [0.25, 0.3) is 0 Å². The Hall–Kier alpha value is -1.08. The Morgan fingerprint density at radius 2 is 2.00 bits per heavy atom. The Morgan fingerprint density at radius 3 is 2.71 bits per heavy atom. The lowest BCUT2D eigenvalue weighted by molar-refractivity contribution is -0.120. The summed E-state index contributed by atoms with van der Waals surface area (Å²) in [5.74, 6) is 0.849. The molecule has 17 heavy (non-hydrogen) atoms. The molecule has 4 nitrogen and oxygen atoms in total. The van der Waals surface area contributed by atoms with Crippen LogP contribution in [0.1, 0.15) is 44.9 Å². The molecule has 0 radical (unpaired) electrons. The molecular formula is C13H23N3O. The van der Waals surface area contributed by atoms with Crippen LogP contribution < -0.4 is 10.6 Å². The number of carbonyl (C=O) groups is 1. The van der Waals surface area contributed by atoms with Gasteiger partial charge < -0.3 is 10.6 Å². The van der Waals surface area contributed by atoms with E-state index in [-0.39, 0.29) is 5.91 Å². The summed E-state index contributed by atoms with van der Waals surface area (Å²) >= 11 is 0. The molecule has 0 aromatic rings. The third-order valence-electron chi connectivity index (χ3n) is 3.30. The first-order chi connectivity index (χ1) is 8.33. The first kappa shape index (κ1) is 14.0. The fourth-order valence-corrected chi connectivity index (χ4v) is 2.30. The number of rotatable bonds is 7. The summed E-state index contributed by atoms with van der Waals surface area (Å²) in [4.78, 5) is 11.3. The van der Waals surface area contributed by atoms with Crippen LogP contribution in [0.3, 0.4) is 0 Å². The predicted molar refractivity (Wildman–Crippen MR) is 67.3 cm³/mol. The van der Waals surface area contributed by atoms with E-state index in [1.54, 1.807) is 0 Å². The highest BCUT2D eigenvalue weighted by molar-refractivity contribution is 5.77. The maximum Gasteiger partial charge on any atom is 0.233 e. The van der Waals surface area contributed by atoms with E-state index in [4.69, 9.17) is 5.26 Å². The minimum atomic E-state index is -0.0103. The Balaban J connectivity index is 1.92. The second-order valence-electron chi connectivity index (χ2n) is 4.73. The monoisotopic (exact) mass is 237 g/mol. The van der Waals surface area contributed by atoms with Gasteiger partial charge in [0.2, 0.25) is 5.91 Å². The molecular weight excluding hydrogens is 214 g/mol. The highest BCUT2D eigenvalue weighted by Gasteiger charge is 2.12. The van der Waals surface area contributed by atoms with Crippen molar-refractivity contribution in [2.24, 2.45) is 5.92 Å². The van der Waals surface area contributed by atoms with Crippen molar-refractivity contribution in [3.05, 3.63) is 0 Å². The molecule has 0 unspecified atom stereocenters. The molecule has 1 aliphatic carbocycles. The summed E-state index contributed by atoms with van der Waals surface area (Å²) in [7, 11) is 0. The third-order valence-corrected chi connectivity index (χ3v) is 3.30. The van der Waals surface area contributed by atoms with E-state index in [1.807, 2.05) is 6.07 Å². The van der Waals surface area contributed by atoms with Crippen molar-refractivity contribution in [2.45, 2.75) is 44.9 Å². The molecule has 1 saturated carbocycles. The lowest BCUT2D eigenvalue weighted by Gasteiger charge is -2.21. The summed E-state index contributed by atoms with van der Waals surface area (Å²) in [5, 5.41) is 14.2. The Kier molecular flexibility index (Phi) is 7.40. The van der Waals surface area contributed by atoms with Crippen molar-refractivity contribution in [3.8, 4) is 6.07 Å². The lowest BCUT2D eigenvalue weighted by atomic mass is 9.87. The largest absolute Gasteiger partial charge is 0.354 e. The van der Waals surface area contributed by atoms with Crippen molar-refractivity contribution in [1.29, 1.82) is 5.26 Å². The molecule has 1 rings (SSSR count). The number of carbonyl (C=O) groups excluding carboxylic acids is 1. The molecule has 96 valence electrons. The number of amides is 1. The van der Waals surface area contributed by atoms with Crippen LogP contribution in [0.5, 0.6) is 0 Å². The van der Waals surface area contributed by atoms with E-state index >= 15 is 0 Å². The first-order valence-corrected chi connectivity index (χ1v) is 6.67. The van der Waals surface area contributed by atoms with Gasteiger partial charge in [-0.2, -0.15) is 5.26 Å². The fraction of sp³-hybridized carbons (Fsp3) is 0.846. The van der Waals surface area contributed by atoms with Gasteiger partial charge in [-0.15, -0.1) is 0 Å². The van der Waals surface area contributed by atoms with Crippen molar-refractivity contribution in [2.75, 3.05) is 19.6 Å². The van der Waals surface area contributed by atoms with Gasteiger partial charge in [0.1, 0.15) is 0 Å². The molecule has 0 aromatic carbocycles. The van der Waals surface area contributed by atoms with E-state index in [9.17, 15) is 4.79 Å². The summed E-state index contributed by atoms with van der Waals surface area (Å²) in [6.45, 7) is 1.76. The van der Waals surface area contributed by atoms with Crippen molar-refractivity contribution in [1.82, 2.24) is 10.6 Å². The quantitative estimate of drug-likeness (QED) is 0.661. The number of nitrogens with one attached hydrogen (secondary N) is 2. The van der Waals surface area contributed by atoms with Gasteiger partial charge in [-0.1, -0.05) is 32.1 Å². The van der Waals surface area contributed by atoms with Crippen LogP contribution in [0.2, 0.25) is 0 Å². The summed E-state index contributed by atoms with van der Waals surface area (Å²) in [5.41, 5.74) is 0. The molecule has 0 heterocycles. The van der Waals surface area contributed by atoms with Crippen LogP contribution >= 0.6 is 0 Å². The lowest BCUT2D eigenvalue weighted by Crippen LogP contribution is -2.35. The molecule has 1 fully saturated rings. The van der Waals surface area contributed by atoms with E-state index in [1.165, 1.54) is 38.5 Å². The van der Waals surface area contributed by atoms with Crippen molar-refractivity contribution in [3.63, 3.8) is 0 Å². The number of nitriles is 1. The zero-order chi connectivity index (χ0) is 12.3. The van der Waals surface area contributed by atoms with E-state index in [0.29, 0.717) is 19.5 Å². The van der Waals surface area contributed by atoms with Crippen LogP contribution in [0.4, 0.5) is 0 Å². The average molecular weight is 237 g/mol. The molecule has 0 aliphatic heterocycles. The predicted octanol–water partition coefficient (Wildman–Crippen LogP) is 1.58. The maximum atomic E-state index is 11.3. The number of nitrogens with zero attached hydrogens (tertiary/aromatic N) is 1. The van der Waals surface area contributed by atoms with Gasteiger partial charge in [-0.3, -0.25) is 4.79 Å². The van der Waals surface area contributed by atoms with Gasteiger partial charge in [0.05, 0.1) is 19.0 Å². The van der Waals surface area contributed by atoms with Crippen LogP contribution in [-0.2, 0) is 4.79 Å². The Bertz CT molecular complexity index is 254. The zero-order valence-electron chi connectivity index (χ0n) is 10.5. The van der Waals surface area contributed by atoms with Gasteiger partial charge in [-0.05, 0) is 18.9 Å². The fourth-order valence-electron chi connectivity index (χ4n) is 2.30.